The summed E-state index contributed by atoms with van der Waals surface area (Å²) in [5.74, 6) is 0.122. The van der Waals surface area contributed by atoms with Crippen molar-refractivity contribution < 1.29 is 9.59 Å². The molecule has 92 valence electrons. The molecule has 0 N–H and O–H groups in total. The smallest absolute Gasteiger partial charge is 0.173 e. The SMILES string of the molecule is Cn1cc(C(=O)CC(=O)C2CCCCC2)cn1. The van der Waals surface area contributed by atoms with Crippen LogP contribution < -0.4 is 0 Å². The first-order valence-electron chi connectivity index (χ1n) is 6.21. The van der Waals surface area contributed by atoms with Crippen LogP contribution in [0.3, 0.4) is 0 Å². The molecule has 1 fully saturated rings. The molecule has 0 aliphatic heterocycles. The summed E-state index contributed by atoms with van der Waals surface area (Å²) >= 11 is 0. The molecule has 1 saturated carbocycles. The molecule has 2 rings (SSSR count). The standard InChI is InChI=1S/C13H18N2O2/c1-15-9-11(8-14-15)13(17)7-12(16)10-5-3-2-4-6-10/h8-10H,2-7H2,1H3. The van der Waals surface area contributed by atoms with Crippen LogP contribution in [0.5, 0.6) is 0 Å². The average molecular weight is 234 g/mol. The second kappa shape index (κ2) is 5.25. The number of hydrogen-bond acceptors (Lipinski definition) is 3. The maximum absolute atomic E-state index is 11.9. The molecule has 0 unspecified atom stereocenters. The van der Waals surface area contributed by atoms with Crippen LogP contribution in [-0.4, -0.2) is 21.3 Å². The fraction of sp³-hybridized carbons (Fsp3) is 0.615. The molecule has 0 bridgehead atoms. The molecule has 4 heteroatoms. The molecule has 0 radical (unpaired) electrons. The van der Waals surface area contributed by atoms with Gasteiger partial charge in [0.15, 0.2) is 5.78 Å². The van der Waals surface area contributed by atoms with Crippen molar-refractivity contribution in [3.05, 3.63) is 18.0 Å². The Morgan fingerprint density at radius 2 is 2.06 bits per heavy atom. The number of carbonyl (C=O) groups excluding carboxylic acids is 2. The van der Waals surface area contributed by atoms with Crippen molar-refractivity contribution in [2.24, 2.45) is 13.0 Å². The number of Topliss-reactive ketones (excluding diaryl/α,β-unsaturated/α-hetero) is 2. The van der Waals surface area contributed by atoms with Crippen molar-refractivity contribution in [1.29, 1.82) is 0 Å². The van der Waals surface area contributed by atoms with E-state index in [1.807, 2.05) is 0 Å². The minimum atomic E-state index is -0.103. The number of aromatic nitrogens is 2. The zero-order valence-electron chi connectivity index (χ0n) is 10.2. The third-order valence-corrected chi connectivity index (χ3v) is 3.42. The quantitative estimate of drug-likeness (QED) is 0.592. The largest absolute Gasteiger partial charge is 0.299 e. The maximum Gasteiger partial charge on any atom is 0.173 e. The molecule has 0 saturated heterocycles. The van der Waals surface area contributed by atoms with Gasteiger partial charge in [-0.25, -0.2) is 0 Å². The molecule has 1 heterocycles. The molecule has 4 nitrogen and oxygen atoms in total. The molecule has 0 atom stereocenters. The second-order valence-electron chi connectivity index (χ2n) is 4.80. The molecule has 1 aliphatic rings. The van der Waals surface area contributed by atoms with Gasteiger partial charge in [0, 0.05) is 19.2 Å². The van der Waals surface area contributed by atoms with Gasteiger partial charge in [-0.2, -0.15) is 5.10 Å². The zero-order chi connectivity index (χ0) is 12.3. The zero-order valence-corrected chi connectivity index (χ0v) is 10.2. The molecule has 1 aromatic heterocycles. The molecular formula is C13H18N2O2. The summed E-state index contributed by atoms with van der Waals surface area (Å²) in [5.41, 5.74) is 0.539. The lowest BCUT2D eigenvalue weighted by atomic mass is 9.84. The van der Waals surface area contributed by atoms with Gasteiger partial charge in [-0.05, 0) is 12.8 Å². The Morgan fingerprint density at radius 1 is 1.35 bits per heavy atom. The summed E-state index contributed by atoms with van der Waals surface area (Å²) < 4.78 is 1.58. The Morgan fingerprint density at radius 3 is 2.65 bits per heavy atom. The average Bonchev–Trinajstić information content (AvgIpc) is 2.77. The van der Waals surface area contributed by atoms with Gasteiger partial charge in [-0.1, -0.05) is 19.3 Å². The summed E-state index contributed by atoms with van der Waals surface area (Å²) in [7, 11) is 1.76. The number of rotatable bonds is 4. The summed E-state index contributed by atoms with van der Waals surface area (Å²) in [6, 6.07) is 0. The van der Waals surface area contributed by atoms with Crippen LogP contribution in [0, 0.1) is 5.92 Å². The second-order valence-corrected chi connectivity index (χ2v) is 4.80. The summed E-state index contributed by atoms with van der Waals surface area (Å²) in [6.45, 7) is 0. The third-order valence-electron chi connectivity index (χ3n) is 3.42. The summed E-state index contributed by atoms with van der Waals surface area (Å²) in [6.07, 6.45) is 8.61. The molecule has 1 aromatic rings. The predicted molar refractivity (Wildman–Crippen MR) is 63.7 cm³/mol. The van der Waals surface area contributed by atoms with Crippen LogP contribution in [-0.2, 0) is 11.8 Å². The fourth-order valence-electron chi connectivity index (χ4n) is 2.39. The lowest BCUT2D eigenvalue weighted by Crippen LogP contribution is -2.20. The van der Waals surface area contributed by atoms with E-state index >= 15 is 0 Å². The van der Waals surface area contributed by atoms with Crippen molar-refractivity contribution in [3.8, 4) is 0 Å². The lowest BCUT2D eigenvalue weighted by molar-refractivity contribution is -0.122. The Bertz CT molecular complexity index is 417. The highest BCUT2D eigenvalue weighted by atomic mass is 16.1. The first-order chi connectivity index (χ1) is 8.16. The van der Waals surface area contributed by atoms with Crippen LogP contribution in [0.2, 0.25) is 0 Å². The summed E-state index contributed by atoms with van der Waals surface area (Å²) in [5, 5.41) is 3.94. The van der Waals surface area contributed by atoms with E-state index in [0.29, 0.717) is 5.56 Å². The molecule has 0 aromatic carbocycles. The van der Waals surface area contributed by atoms with E-state index in [2.05, 4.69) is 5.10 Å². The van der Waals surface area contributed by atoms with Gasteiger partial charge in [-0.15, -0.1) is 0 Å². The molecule has 0 amide bonds. The predicted octanol–water partition coefficient (Wildman–Crippen LogP) is 2.14. The van der Waals surface area contributed by atoms with Gasteiger partial charge in [0.05, 0.1) is 18.2 Å². The van der Waals surface area contributed by atoms with E-state index in [4.69, 9.17) is 0 Å². The Hall–Kier alpha value is -1.45. The molecule has 17 heavy (non-hydrogen) atoms. The lowest BCUT2D eigenvalue weighted by Gasteiger charge is -2.19. The third kappa shape index (κ3) is 3.02. The first kappa shape index (κ1) is 12.0. The Balaban J connectivity index is 1.91. The van der Waals surface area contributed by atoms with Gasteiger partial charge in [-0.3, -0.25) is 14.3 Å². The van der Waals surface area contributed by atoms with Crippen molar-refractivity contribution >= 4 is 11.6 Å². The van der Waals surface area contributed by atoms with Gasteiger partial charge < -0.3 is 0 Å². The normalized spacial score (nSPS) is 17.0. The van der Waals surface area contributed by atoms with Crippen LogP contribution >= 0.6 is 0 Å². The highest BCUT2D eigenvalue weighted by Gasteiger charge is 2.23. The van der Waals surface area contributed by atoms with Crippen molar-refractivity contribution in [2.75, 3.05) is 0 Å². The molecule has 0 spiro atoms. The number of aryl methyl sites for hydroxylation is 1. The van der Waals surface area contributed by atoms with Crippen LogP contribution in [0.25, 0.3) is 0 Å². The van der Waals surface area contributed by atoms with Gasteiger partial charge in [0.1, 0.15) is 5.78 Å². The van der Waals surface area contributed by atoms with Gasteiger partial charge in [0.2, 0.25) is 0 Å². The maximum atomic E-state index is 11.9. The van der Waals surface area contributed by atoms with Crippen molar-refractivity contribution in [2.45, 2.75) is 38.5 Å². The van der Waals surface area contributed by atoms with E-state index in [9.17, 15) is 9.59 Å². The summed E-state index contributed by atoms with van der Waals surface area (Å²) in [4.78, 5) is 23.8. The number of carbonyl (C=O) groups is 2. The number of nitrogens with zero attached hydrogens (tertiary/aromatic N) is 2. The van der Waals surface area contributed by atoms with Crippen LogP contribution in [0.15, 0.2) is 12.4 Å². The first-order valence-corrected chi connectivity index (χ1v) is 6.21. The van der Waals surface area contributed by atoms with E-state index in [-0.39, 0.29) is 23.9 Å². The van der Waals surface area contributed by atoms with Gasteiger partial charge >= 0.3 is 0 Å². The van der Waals surface area contributed by atoms with Gasteiger partial charge in [0.25, 0.3) is 0 Å². The minimum absolute atomic E-state index is 0.0381. The van der Waals surface area contributed by atoms with E-state index in [1.54, 1.807) is 17.9 Å². The Kier molecular flexibility index (Phi) is 3.71. The highest BCUT2D eigenvalue weighted by Crippen LogP contribution is 2.25. The van der Waals surface area contributed by atoms with E-state index in [1.165, 1.54) is 12.6 Å². The number of hydrogen-bond donors (Lipinski definition) is 0. The molecule has 1 aliphatic carbocycles. The van der Waals surface area contributed by atoms with Crippen LogP contribution in [0.1, 0.15) is 48.9 Å². The molecular weight excluding hydrogens is 216 g/mol. The van der Waals surface area contributed by atoms with Crippen molar-refractivity contribution in [1.82, 2.24) is 9.78 Å². The fourth-order valence-corrected chi connectivity index (χ4v) is 2.39. The van der Waals surface area contributed by atoms with E-state index < -0.39 is 0 Å². The van der Waals surface area contributed by atoms with E-state index in [0.717, 1.165) is 25.7 Å². The highest BCUT2D eigenvalue weighted by molar-refractivity contribution is 6.08. The monoisotopic (exact) mass is 234 g/mol. The van der Waals surface area contributed by atoms with Crippen molar-refractivity contribution in [3.63, 3.8) is 0 Å². The van der Waals surface area contributed by atoms with Crippen LogP contribution in [0.4, 0.5) is 0 Å². The topological polar surface area (TPSA) is 52.0 Å². The Labute approximate surface area is 101 Å². The number of ketones is 2. The minimum Gasteiger partial charge on any atom is -0.299 e.